The molecule has 1 amide bonds. The van der Waals surface area contributed by atoms with Gasteiger partial charge in [0.1, 0.15) is 0 Å². The Bertz CT molecular complexity index is 386. The molecule has 0 saturated carbocycles. The lowest BCUT2D eigenvalue weighted by Gasteiger charge is -2.15. The molecule has 16 heavy (non-hydrogen) atoms. The van der Waals surface area contributed by atoms with Crippen molar-refractivity contribution < 1.29 is 14.7 Å². The van der Waals surface area contributed by atoms with E-state index in [1.54, 1.807) is 14.0 Å². The molecule has 2 N–H and O–H groups in total. The first-order valence-electron chi connectivity index (χ1n) is 4.99. The minimum atomic E-state index is -0.847. The summed E-state index contributed by atoms with van der Waals surface area (Å²) < 4.78 is 0. The molecule has 0 spiro atoms. The molecule has 0 aliphatic rings. The quantitative estimate of drug-likeness (QED) is 0.770. The third-order valence-electron chi connectivity index (χ3n) is 2.29. The van der Waals surface area contributed by atoms with Crippen LogP contribution in [0, 0.1) is 6.92 Å². The summed E-state index contributed by atoms with van der Waals surface area (Å²) in [5.74, 6) is -0.989. The fraction of sp³-hybridized carbons (Fsp3) is 0.500. The third kappa shape index (κ3) is 3.08. The highest BCUT2D eigenvalue weighted by Crippen LogP contribution is 2.06. The molecule has 6 nitrogen and oxygen atoms in total. The first kappa shape index (κ1) is 12.2. The van der Waals surface area contributed by atoms with Gasteiger partial charge in [-0.25, -0.2) is 0 Å². The van der Waals surface area contributed by atoms with Gasteiger partial charge in [-0.2, -0.15) is 5.10 Å². The van der Waals surface area contributed by atoms with Gasteiger partial charge in [-0.1, -0.05) is 0 Å². The van der Waals surface area contributed by atoms with Crippen LogP contribution in [0.25, 0.3) is 0 Å². The maximum atomic E-state index is 11.8. The van der Waals surface area contributed by atoms with E-state index in [0.717, 1.165) is 5.69 Å². The summed E-state index contributed by atoms with van der Waals surface area (Å²) >= 11 is 0. The lowest BCUT2D eigenvalue weighted by atomic mass is 10.2. The summed E-state index contributed by atoms with van der Waals surface area (Å²) in [7, 11) is 1.65. The number of nitrogens with zero attached hydrogens (tertiary/aromatic N) is 2. The van der Waals surface area contributed by atoms with Crippen LogP contribution in [0.2, 0.25) is 0 Å². The highest BCUT2D eigenvalue weighted by atomic mass is 16.4. The van der Waals surface area contributed by atoms with Crippen LogP contribution in [0.3, 0.4) is 0 Å². The zero-order chi connectivity index (χ0) is 12.1. The Balaban J connectivity index is 2.49. The monoisotopic (exact) mass is 225 g/mol. The Labute approximate surface area is 93.3 Å². The van der Waals surface area contributed by atoms with Gasteiger partial charge in [-0.05, 0) is 13.3 Å². The number of hydrogen-bond acceptors (Lipinski definition) is 3. The first-order valence-corrected chi connectivity index (χ1v) is 4.99. The number of aromatic nitrogens is 2. The van der Waals surface area contributed by atoms with Crippen LogP contribution < -0.4 is 0 Å². The van der Waals surface area contributed by atoms with E-state index in [1.807, 2.05) is 0 Å². The van der Waals surface area contributed by atoms with Crippen LogP contribution in [0.15, 0.2) is 6.20 Å². The number of carboxylic acids is 1. The molecular weight excluding hydrogens is 210 g/mol. The standard InChI is InChI=1S/C10H15N3O3/c1-7-8(6-11-12-7)10(16)13(2)5-3-4-9(14)15/h6H,3-5H2,1-2H3,(H,11,12)(H,14,15). The number of rotatable bonds is 5. The van der Waals surface area contributed by atoms with Crippen LogP contribution in [0.1, 0.15) is 28.9 Å². The van der Waals surface area contributed by atoms with E-state index in [0.29, 0.717) is 18.5 Å². The predicted octanol–water partition coefficient (Wildman–Crippen LogP) is 0.655. The summed E-state index contributed by atoms with van der Waals surface area (Å²) in [5.41, 5.74) is 1.24. The molecule has 0 unspecified atom stereocenters. The van der Waals surface area contributed by atoms with Crippen LogP contribution in [-0.4, -0.2) is 45.7 Å². The molecule has 1 heterocycles. The summed E-state index contributed by atoms with van der Waals surface area (Å²) in [6.45, 7) is 2.20. The van der Waals surface area contributed by atoms with Crippen LogP contribution in [0.5, 0.6) is 0 Å². The number of hydrogen-bond donors (Lipinski definition) is 2. The van der Waals surface area contributed by atoms with E-state index in [9.17, 15) is 9.59 Å². The Hall–Kier alpha value is -1.85. The maximum Gasteiger partial charge on any atom is 0.303 e. The lowest BCUT2D eigenvalue weighted by Crippen LogP contribution is -2.28. The molecule has 0 aromatic carbocycles. The minimum absolute atomic E-state index is 0.0714. The Kier molecular flexibility index (Phi) is 4.04. The van der Waals surface area contributed by atoms with Crippen LogP contribution in [0.4, 0.5) is 0 Å². The number of carbonyl (C=O) groups is 2. The molecule has 6 heteroatoms. The zero-order valence-corrected chi connectivity index (χ0v) is 9.36. The van der Waals surface area contributed by atoms with Crippen molar-refractivity contribution in [2.45, 2.75) is 19.8 Å². The van der Waals surface area contributed by atoms with Crippen molar-refractivity contribution >= 4 is 11.9 Å². The van der Waals surface area contributed by atoms with Gasteiger partial charge >= 0.3 is 5.97 Å². The summed E-state index contributed by atoms with van der Waals surface area (Å²) in [4.78, 5) is 23.6. The van der Waals surface area contributed by atoms with Crippen molar-refractivity contribution in [1.82, 2.24) is 15.1 Å². The van der Waals surface area contributed by atoms with Gasteiger partial charge in [0, 0.05) is 25.7 Å². The Morgan fingerprint density at radius 2 is 2.25 bits per heavy atom. The Morgan fingerprint density at radius 1 is 1.56 bits per heavy atom. The smallest absolute Gasteiger partial charge is 0.303 e. The number of carbonyl (C=O) groups excluding carboxylic acids is 1. The van der Waals surface area contributed by atoms with Gasteiger partial charge in [0.25, 0.3) is 5.91 Å². The molecule has 0 saturated heterocycles. The Morgan fingerprint density at radius 3 is 2.75 bits per heavy atom. The highest BCUT2D eigenvalue weighted by Gasteiger charge is 2.15. The molecular formula is C10H15N3O3. The van der Waals surface area contributed by atoms with E-state index >= 15 is 0 Å². The molecule has 0 fully saturated rings. The van der Waals surface area contributed by atoms with E-state index < -0.39 is 5.97 Å². The van der Waals surface area contributed by atoms with E-state index in [2.05, 4.69) is 10.2 Å². The fourth-order valence-electron chi connectivity index (χ4n) is 1.34. The van der Waals surface area contributed by atoms with E-state index in [4.69, 9.17) is 5.11 Å². The molecule has 0 bridgehead atoms. The number of nitrogens with one attached hydrogen (secondary N) is 1. The number of amides is 1. The summed E-state index contributed by atoms with van der Waals surface area (Å²) in [6, 6.07) is 0. The number of carboxylic acid groups (broad SMARTS) is 1. The van der Waals surface area contributed by atoms with Gasteiger partial charge in [0.2, 0.25) is 0 Å². The maximum absolute atomic E-state index is 11.8. The molecule has 0 radical (unpaired) electrons. The molecule has 0 atom stereocenters. The second-order valence-corrected chi connectivity index (χ2v) is 3.63. The van der Waals surface area contributed by atoms with Crippen LogP contribution in [-0.2, 0) is 4.79 Å². The molecule has 1 aromatic heterocycles. The second kappa shape index (κ2) is 5.29. The molecule has 88 valence electrons. The van der Waals surface area contributed by atoms with Crippen molar-refractivity contribution in [1.29, 1.82) is 0 Å². The van der Waals surface area contributed by atoms with Gasteiger partial charge in [-0.15, -0.1) is 0 Å². The van der Waals surface area contributed by atoms with Gasteiger partial charge in [0.05, 0.1) is 11.8 Å². The summed E-state index contributed by atoms with van der Waals surface area (Å²) in [5, 5.41) is 14.9. The predicted molar refractivity (Wildman–Crippen MR) is 57.2 cm³/mol. The average molecular weight is 225 g/mol. The SMILES string of the molecule is Cc1[nH]ncc1C(=O)N(C)CCCC(=O)O. The molecule has 0 aliphatic carbocycles. The van der Waals surface area contributed by atoms with Crippen molar-refractivity contribution in [3.05, 3.63) is 17.5 Å². The number of H-pyrrole nitrogens is 1. The average Bonchev–Trinajstić information content (AvgIpc) is 2.62. The number of aryl methyl sites for hydroxylation is 1. The van der Waals surface area contributed by atoms with Gasteiger partial charge < -0.3 is 10.0 Å². The third-order valence-corrected chi connectivity index (χ3v) is 2.29. The van der Waals surface area contributed by atoms with Crippen molar-refractivity contribution in [3.8, 4) is 0 Å². The number of aromatic amines is 1. The first-order chi connectivity index (χ1) is 7.52. The zero-order valence-electron chi connectivity index (χ0n) is 9.36. The topological polar surface area (TPSA) is 86.3 Å². The molecule has 1 rings (SSSR count). The summed E-state index contributed by atoms with van der Waals surface area (Å²) in [6.07, 6.45) is 2.00. The van der Waals surface area contributed by atoms with Crippen molar-refractivity contribution in [2.75, 3.05) is 13.6 Å². The van der Waals surface area contributed by atoms with Gasteiger partial charge in [0.15, 0.2) is 0 Å². The largest absolute Gasteiger partial charge is 0.481 e. The van der Waals surface area contributed by atoms with Crippen molar-refractivity contribution in [2.24, 2.45) is 0 Å². The lowest BCUT2D eigenvalue weighted by molar-refractivity contribution is -0.137. The molecule has 0 aliphatic heterocycles. The highest BCUT2D eigenvalue weighted by molar-refractivity contribution is 5.94. The second-order valence-electron chi connectivity index (χ2n) is 3.63. The van der Waals surface area contributed by atoms with Crippen LogP contribution >= 0.6 is 0 Å². The molecule has 1 aromatic rings. The van der Waals surface area contributed by atoms with E-state index in [1.165, 1.54) is 11.1 Å². The van der Waals surface area contributed by atoms with Gasteiger partial charge in [-0.3, -0.25) is 14.7 Å². The van der Waals surface area contributed by atoms with E-state index in [-0.39, 0.29) is 12.3 Å². The normalized spacial score (nSPS) is 10.1. The fourth-order valence-corrected chi connectivity index (χ4v) is 1.34. The number of aliphatic carboxylic acids is 1. The van der Waals surface area contributed by atoms with Crippen molar-refractivity contribution in [3.63, 3.8) is 0 Å². The minimum Gasteiger partial charge on any atom is -0.481 e.